The molecule has 0 saturated carbocycles. The molecule has 0 bridgehead atoms. The number of carbonyl (C=O) groups excluding carboxylic acids is 1. The first-order chi connectivity index (χ1) is 10.5. The fourth-order valence-corrected chi connectivity index (χ4v) is 1.94. The maximum atomic E-state index is 12.4. The predicted molar refractivity (Wildman–Crippen MR) is 83.6 cm³/mol. The number of carbonyl (C=O) groups is 2. The number of aromatic carboxylic acids is 1. The Morgan fingerprint density at radius 3 is 2.50 bits per heavy atom. The van der Waals surface area contributed by atoms with Crippen LogP contribution in [0.4, 0.5) is 5.69 Å². The minimum Gasteiger partial charge on any atom is -0.490 e. The summed E-state index contributed by atoms with van der Waals surface area (Å²) in [4.78, 5) is 23.3. The monoisotopic (exact) mass is 299 g/mol. The summed E-state index contributed by atoms with van der Waals surface area (Å²) in [5, 5.41) is 11.7. The molecule has 2 N–H and O–H groups in total. The predicted octanol–water partition coefficient (Wildman–Crippen LogP) is 3.42. The summed E-state index contributed by atoms with van der Waals surface area (Å²) in [6, 6.07) is 13.0. The molecule has 0 aliphatic heterocycles. The molecule has 1 amide bonds. The van der Waals surface area contributed by atoms with Gasteiger partial charge in [-0.2, -0.15) is 0 Å². The van der Waals surface area contributed by atoms with Gasteiger partial charge in [0.2, 0.25) is 0 Å². The lowest BCUT2D eigenvalue weighted by Gasteiger charge is -2.14. The minimum atomic E-state index is -1.04. The number of para-hydroxylation sites is 1. The summed E-state index contributed by atoms with van der Waals surface area (Å²) < 4.78 is 5.61. The van der Waals surface area contributed by atoms with Crippen molar-refractivity contribution < 1.29 is 19.4 Å². The van der Waals surface area contributed by atoms with Crippen molar-refractivity contribution >= 4 is 17.6 Å². The van der Waals surface area contributed by atoms with Crippen molar-refractivity contribution in [1.29, 1.82) is 0 Å². The number of carboxylic acids is 1. The average molecular weight is 299 g/mol. The van der Waals surface area contributed by atoms with Crippen molar-refractivity contribution in [3.8, 4) is 5.75 Å². The molecule has 0 heterocycles. The van der Waals surface area contributed by atoms with E-state index in [1.54, 1.807) is 36.4 Å². The molecule has 0 saturated heterocycles. The number of carboxylic acid groups (broad SMARTS) is 1. The van der Waals surface area contributed by atoms with Crippen molar-refractivity contribution in [1.82, 2.24) is 0 Å². The first-order valence-electron chi connectivity index (χ1n) is 6.88. The van der Waals surface area contributed by atoms with Gasteiger partial charge in [-0.25, -0.2) is 4.79 Å². The standard InChI is InChI=1S/C17H17NO4/c1-11(2)22-15-9-4-3-8-14(15)16(19)18-13-7-5-6-12(10-13)17(20)21/h3-11H,1-2H3,(H,18,19)(H,20,21). The first kappa shape index (κ1) is 15.6. The fourth-order valence-electron chi connectivity index (χ4n) is 1.94. The lowest BCUT2D eigenvalue weighted by molar-refractivity contribution is 0.0696. The van der Waals surface area contributed by atoms with E-state index in [0.717, 1.165) is 0 Å². The van der Waals surface area contributed by atoms with Crippen LogP contribution in [0.3, 0.4) is 0 Å². The number of ether oxygens (including phenoxy) is 1. The number of hydrogen-bond acceptors (Lipinski definition) is 3. The highest BCUT2D eigenvalue weighted by Crippen LogP contribution is 2.21. The van der Waals surface area contributed by atoms with Crippen LogP contribution in [0.2, 0.25) is 0 Å². The molecule has 2 aromatic rings. The van der Waals surface area contributed by atoms with Crippen LogP contribution >= 0.6 is 0 Å². The van der Waals surface area contributed by atoms with Gasteiger partial charge in [0.25, 0.3) is 5.91 Å². The van der Waals surface area contributed by atoms with E-state index in [0.29, 0.717) is 17.0 Å². The molecule has 0 aromatic heterocycles. The molecule has 0 atom stereocenters. The quantitative estimate of drug-likeness (QED) is 0.887. The highest BCUT2D eigenvalue weighted by atomic mass is 16.5. The third-order valence-corrected chi connectivity index (χ3v) is 2.86. The third kappa shape index (κ3) is 3.85. The third-order valence-electron chi connectivity index (χ3n) is 2.86. The number of amides is 1. The zero-order chi connectivity index (χ0) is 16.1. The first-order valence-corrected chi connectivity index (χ1v) is 6.88. The Bertz CT molecular complexity index is 695. The van der Waals surface area contributed by atoms with Crippen LogP contribution < -0.4 is 10.1 Å². The molecule has 22 heavy (non-hydrogen) atoms. The molecular formula is C17H17NO4. The molecule has 5 heteroatoms. The van der Waals surface area contributed by atoms with E-state index in [1.807, 2.05) is 13.8 Å². The van der Waals surface area contributed by atoms with Gasteiger partial charge >= 0.3 is 5.97 Å². The van der Waals surface area contributed by atoms with Crippen molar-refractivity contribution in [3.63, 3.8) is 0 Å². The van der Waals surface area contributed by atoms with Crippen molar-refractivity contribution in [3.05, 3.63) is 59.7 Å². The smallest absolute Gasteiger partial charge is 0.335 e. The van der Waals surface area contributed by atoms with Gasteiger partial charge in [0, 0.05) is 5.69 Å². The van der Waals surface area contributed by atoms with Crippen LogP contribution in [0.5, 0.6) is 5.75 Å². The van der Waals surface area contributed by atoms with Crippen LogP contribution in [-0.2, 0) is 0 Å². The molecule has 2 aromatic carbocycles. The molecule has 5 nitrogen and oxygen atoms in total. The summed E-state index contributed by atoms with van der Waals surface area (Å²) in [5.41, 5.74) is 0.936. The SMILES string of the molecule is CC(C)Oc1ccccc1C(=O)Nc1cccc(C(=O)O)c1. The van der Waals surface area contributed by atoms with Gasteiger partial charge in [-0.05, 0) is 44.2 Å². The molecule has 0 radical (unpaired) electrons. The molecule has 0 aliphatic carbocycles. The maximum absolute atomic E-state index is 12.4. The van der Waals surface area contributed by atoms with E-state index in [-0.39, 0.29) is 17.6 Å². The Balaban J connectivity index is 2.22. The Morgan fingerprint density at radius 2 is 1.82 bits per heavy atom. The van der Waals surface area contributed by atoms with Gasteiger partial charge in [-0.1, -0.05) is 18.2 Å². The van der Waals surface area contributed by atoms with E-state index in [9.17, 15) is 9.59 Å². The van der Waals surface area contributed by atoms with Crippen LogP contribution in [0, 0.1) is 0 Å². The van der Waals surface area contributed by atoms with E-state index in [4.69, 9.17) is 9.84 Å². The molecular weight excluding hydrogens is 282 g/mol. The van der Waals surface area contributed by atoms with Gasteiger partial charge in [-0.15, -0.1) is 0 Å². The minimum absolute atomic E-state index is 0.0516. The average Bonchev–Trinajstić information content (AvgIpc) is 2.47. The maximum Gasteiger partial charge on any atom is 0.335 e. The second-order valence-corrected chi connectivity index (χ2v) is 5.00. The zero-order valence-corrected chi connectivity index (χ0v) is 12.4. The van der Waals surface area contributed by atoms with Crippen molar-refractivity contribution in [2.24, 2.45) is 0 Å². The largest absolute Gasteiger partial charge is 0.490 e. The summed E-state index contributed by atoms with van der Waals surface area (Å²) in [7, 11) is 0. The van der Waals surface area contributed by atoms with Gasteiger partial charge in [0.15, 0.2) is 0 Å². The fraction of sp³-hybridized carbons (Fsp3) is 0.176. The molecule has 2 rings (SSSR count). The molecule has 0 spiro atoms. The second-order valence-electron chi connectivity index (χ2n) is 5.00. The van der Waals surface area contributed by atoms with E-state index in [1.165, 1.54) is 12.1 Å². The highest BCUT2D eigenvalue weighted by molar-refractivity contribution is 6.06. The van der Waals surface area contributed by atoms with Crippen LogP contribution in [0.15, 0.2) is 48.5 Å². The van der Waals surface area contributed by atoms with E-state index < -0.39 is 5.97 Å². The molecule has 114 valence electrons. The summed E-state index contributed by atoms with van der Waals surface area (Å²) >= 11 is 0. The molecule has 0 fully saturated rings. The zero-order valence-electron chi connectivity index (χ0n) is 12.4. The van der Waals surface area contributed by atoms with Crippen molar-refractivity contribution in [2.45, 2.75) is 20.0 Å². The highest BCUT2D eigenvalue weighted by Gasteiger charge is 2.14. The Morgan fingerprint density at radius 1 is 1.09 bits per heavy atom. The van der Waals surface area contributed by atoms with Gasteiger partial charge in [-0.3, -0.25) is 4.79 Å². The van der Waals surface area contributed by atoms with Gasteiger partial charge in [0.05, 0.1) is 17.2 Å². The number of nitrogens with one attached hydrogen (secondary N) is 1. The number of benzene rings is 2. The Labute approximate surface area is 128 Å². The van der Waals surface area contributed by atoms with E-state index in [2.05, 4.69) is 5.32 Å². The Hall–Kier alpha value is -2.82. The van der Waals surface area contributed by atoms with E-state index >= 15 is 0 Å². The lowest BCUT2D eigenvalue weighted by Crippen LogP contribution is -2.16. The molecule has 0 aliphatic rings. The number of hydrogen-bond donors (Lipinski definition) is 2. The number of anilines is 1. The lowest BCUT2D eigenvalue weighted by atomic mass is 10.1. The summed E-state index contributed by atoms with van der Waals surface area (Å²) in [6.07, 6.45) is -0.0516. The summed E-state index contributed by atoms with van der Waals surface area (Å²) in [6.45, 7) is 3.76. The topological polar surface area (TPSA) is 75.6 Å². The normalized spacial score (nSPS) is 10.3. The van der Waals surface area contributed by atoms with Crippen LogP contribution in [0.1, 0.15) is 34.6 Å². The Kier molecular flexibility index (Phi) is 4.78. The van der Waals surface area contributed by atoms with Crippen molar-refractivity contribution in [2.75, 3.05) is 5.32 Å². The second kappa shape index (κ2) is 6.76. The van der Waals surface area contributed by atoms with Gasteiger partial charge < -0.3 is 15.2 Å². The summed E-state index contributed by atoms with van der Waals surface area (Å²) in [5.74, 6) is -0.900. The molecule has 0 unspecified atom stereocenters. The van der Waals surface area contributed by atoms with Gasteiger partial charge in [0.1, 0.15) is 5.75 Å². The van der Waals surface area contributed by atoms with Crippen LogP contribution in [-0.4, -0.2) is 23.1 Å². The number of rotatable bonds is 5. The van der Waals surface area contributed by atoms with Crippen LogP contribution in [0.25, 0.3) is 0 Å².